The van der Waals surface area contributed by atoms with Gasteiger partial charge in [0.2, 0.25) is 10.0 Å². The average molecular weight is 386 g/mol. The third-order valence-electron chi connectivity index (χ3n) is 4.76. The van der Waals surface area contributed by atoms with Crippen LogP contribution in [0.5, 0.6) is 0 Å². The number of furan rings is 1. The number of benzene rings is 2. The molecular formula is C20H19FN2O3S. The number of hydrogen-bond acceptors (Lipinski definition) is 4. The molecule has 0 amide bonds. The van der Waals surface area contributed by atoms with E-state index >= 15 is 0 Å². The molecule has 3 aromatic rings. The Labute approximate surface area is 157 Å². The van der Waals surface area contributed by atoms with Crippen molar-refractivity contribution >= 4 is 15.7 Å². The fraction of sp³-hybridized carbons (Fsp3) is 0.200. The van der Waals surface area contributed by atoms with E-state index in [1.54, 1.807) is 12.3 Å². The van der Waals surface area contributed by atoms with Gasteiger partial charge in [-0.25, -0.2) is 17.5 Å². The summed E-state index contributed by atoms with van der Waals surface area (Å²) in [6.45, 7) is 0.921. The van der Waals surface area contributed by atoms with E-state index in [9.17, 15) is 12.8 Å². The van der Waals surface area contributed by atoms with E-state index in [1.165, 1.54) is 17.7 Å². The molecule has 0 fully saturated rings. The maximum absolute atomic E-state index is 13.1. The number of nitrogens with one attached hydrogen (secondary N) is 1. The van der Waals surface area contributed by atoms with Crippen LogP contribution in [0.2, 0.25) is 0 Å². The van der Waals surface area contributed by atoms with Crippen LogP contribution in [0.1, 0.15) is 17.4 Å². The summed E-state index contributed by atoms with van der Waals surface area (Å²) in [6.07, 6.45) is 2.48. The van der Waals surface area contributed by atoms with Gasteiger partial charge in [0.25, 0.3) is 0 Å². The Bertz CT molecular complexity index is 1020. The first-order valence-corrected chi connectivity index (χ1v) is 10.2. The zero-order valence-electron chi connectivity index (χ0n) is 14.5. The highest BCUT2D eigenvalue weighted by molar-refractivity contribution is 7.89. The van der Waals surface area contributed by atoms with Crippen LogP contribution in [0.15, 0.2) is 76.2 Å². The van der Waals surface area contributed by atoms with Crippen molar-refractivity contribution in [3.05, 3.63) is 84.1 Å². The van der Waals surface area contributed by atoms with Gasteiger partial charge in [-0.3, -0.25) is 0 Å². The van der Waals surface area contributed by atoms with Gasteiger partial charge >= 0.3 is 0 Å². The summed E-state index contributed by atoms with van der Waals surface area (Å²) in [6, 6.07) is 16.2. The molecule has 140 valence electrons. The highest BCUT2D eigenvalue weighted by atomic mass is 32.2. The Balaban J connectivity index is 1.59. The maximum Gasteiger partial charge on any atom is 0.240 e. The fourth-order valence-corrected chi connectivity index (χ4v) is 4.46. The quantitative estimate of drug-likeness (QED) is 0.704. The van der Waals surface area contributed by atoms with Crippen LogP contribution in [0.4, 0.5) is 10.1 Å². The van der Waals surface area contributed by atoms with E-state index in [4.69, 9.17) is 4.42 Å². The van der Waals surface area contributed by atoms with Crippen LogP contribution < -0.4 is 9.62 Å². The van der Waals surface area contributed by atoms with Gasteiger partial charge in [-0.15, -0.1) is 0 Å². The molecule has 1 aliphatic heterocycles. The van der Waals surface area contributed by atoms with Gasteiger partial charge in [-0.2, -0.15) is 0 Å². The molecule has 1 aliphatic rings. The first-order chi connectivity index (χ1) is 13.0. The van der Waals surface area contributed by atoms with Crippen molar-refractivity contribution in [1.82, 2.24) is 4.72 Å². The molecule has 0 saturated heterocycles. The third-order valence-corrected chi connectivity index (χ3v) is 6.20. The second-order valence-electron chi connectivity index (χ2n) is 6.41. The molecular weight excluding hydrogens is 367 g/mol. The summed E-state index contributed by atoms with van der Waals surface area (Å²) in [7, 11) is -3.76. The molecule has 1 atom stereocenters. The number of para-hydroxylation sites is 1. The Hall–Kier alpha value is -2.64. The van der Waals surface area contributed by atoms with E-state index < -0.39 is 15.8 Å². The standard InChI is InChI=1S/C20H19FN2O3S/c21-16-7-9-17(10-8-16)27(24,25)22-14-19(20-6-3-13-26-20)23-12-11-15-4-1-2-5-18(15)23/h1-10,13,19,22H,11-12,14H2. The zero-order chi connectivity index (χ0) is 18.9. The van der Waals surface area contributed by atoms with Crippen molar-refractivity contribution in [1.29, 1.82) is 0 Å². The number of halogens is 1. The summed E-state index contributed by atoms with van der Waals surface area (Å²) in [4.78, 5) is 2.19. The number of nitrogens with zero attached hydrogens (tertiary/aromatic N) is 1. The topological polar surface area (TPSA) is 62.6 Å². The Kier molecular flexibility index (Phi) is 4.72. The van der Waals surface area contributed by atoms with E-state index in [0.29, 0.717) is 5.76 Å². The summed E-state index contributed by atoms with van der Waals surface area (Å²) < 4.78 is 46.5. The largest absolute Gasteiger partial charge is 0.467 e. The van der Waals surface area contributed by atoms with Crippen molar-refractivity contribution in [2.75, 3.05) is 18.0 Å². The molecule has 0 radical (unpaired) electrons. The van der Waals surface area contributed by atoms with Gasteiger partial charge in [0.15, 0.2) is 0 Å². The molecule has 1 N–H and O–H groups in total. The Morgan fingerprint density at radius 1 is 1.07 bits per heavy atom. The SMILES string of the molecule is O=S(=O)(NCC(c1ccco1)N1CCc2ccccc21)c1ccc(F)cc1. The van der Waals surface area contributed by atoms with Crippen molar-refractivity contribution < 1.29 is 17.2 Å². The Morgan fingerprint density at radius 3 is 2.59 bits per heavy atom. The zero-order valence-corrected chi connectivity index (χ0v) is 15.3. The predicted octanol–water partition coefficient (Wildman–Crippen LogP) is 3.50. The lowest BCUT2D eigenvalue weighted by molar-refractivity contribution is 0.447. The second kappa shape index (κ2) is 7.17. The lowest BCUT2D eigenvalue weighted by Gasteiger charge is -2.29. The highest BCUT2D eigenvalue weighted by Crippen LogP contribution is 2.35. The van der Waals surface area contributed by atoms with Crippen LogP contribution >= 0.6 is 0 Å². The molecule has 0 saturated carbocycles. The molecule has 0 aliphatic carbocycles. The number of anilines is 1. The van der Waals surface area contributed by atoms with E-state index in [-0.39, 0.29) is 17.5 Å². The average Bonchev–Trinajstić information content (AvgIpc) is 3.33. The summed E-state index contributed by atoms with van der Waals surface area (Å²) in [5.74, 6) is 0.213. The predicted molar refractivity (Wildman–Crippen MR) is 101 cm³/mol. The minimum Gasteiger partial charge on any atom is -0.467 e. The third kappa shape index (κ3) is 3.61. The van der Waals surface area contributed by atoms with Crippen LogP contribution in [0.3, 0.4) is 0 Å². The monoisotopic (exact) mass is 386 g/mol. The lowest BCUT2D eigenvalue weighted by atomic mass is 10.1. The molecule has 2 heterocycles. The van der Waals surface area contributed by atoms with Crippen molar-refractivity contribution in [2.24, 2.45) is 0 Å². The molecule has 5 nitrogen and oxygen atoms in total. The fourth-order valence-electron chi connectivity index (χ4n) is 3.42. The van der Waals surface area contributed by atoms with Crippen LogP contribution in [0.25, 0.3) is 0 Å². The van der Waals surface area contributed by atoms with E-state index in [1.807, 2.05) is 24.3 Å². The van der Waals surface area contributed by atoms with Crippen molar-refractivity contribution in [3.63, 3.8) is 0 Å². The van der Waals surface area contributed by atoms with Crippen LogP contribution in [0, 0.1) is 5.82 Å². The normalized spacial score (nSPS) is 14.9. The van der Waals surface area contributed by atoms with Crippen LogP contribution in [-0.4, -0.2) is 21.5 Å². The summed E-state index contributed by atoms with van der Waals surface area (Å²) >= 11 is 0. The molecule has 1 unspecified atom stereocenters. The first-order valence-electron chi connectivity index (χ1n) is 8.68. The van der Waals surface area contributed by atoms with Gasteiger partial charge in [0, 0.05) is 18.8 Å². The number of hydrogen-bond donors (Lipinski definition) is 1. The van der Waals surface area contributed by atoms with Crippen molar-refractivity contribution in [3.8, 4) is 0 Å². The molecule has 4 rings (SSSR count). The number of fused-ring (bicyclic) bond motifs is 1. The van der Waals surface area contributed by atoms with Gasteiger partial charge in [0.1, 0.15) is 17.6 Å². The first kappa shape index (κ1) is 17.8. The number of rotatable bonds is 6. The van der Waals surface area contributed by atoms with Gasteiger partial charge in [-0.05, 0) is 54.4 Å². The van der Waals surface area contributed by atoms with Crippen LogP contribution in [-0.2, 0) is 16.4 Å². The molecule has 0 spiro atoms. The molecule has 27 heavy (non-hydrogen) atoms. The van der Waals surface area contributed by atoms with Gasteiger partial charge in [-0.1, -0.05) is 18.2 Å². The Morgan fingerprint density at radius 2 is 1.85 bits per heavy atom. The molecule has 7 heteroatoms. The lowest BCUT2D eigenvalue weighted by Crippen LogP contribution is -2.37. The van der Waals surface area contributed by atoms with E-state index in [0.717, 1.165) is 30.8 Å². The van der Waals surface area contributed by atoms with Crippen molar-refractivity contribution in [2.45, 2.75) is 17.4 Å². The minimum absolute atomic E-state index is 0.0314. The van der Waals surface area contributed by atoms with Gasteiger partial charge in [0.05, 0.1) is 11.2 Å². The smallest absolute Gasteiger partial charge is 0.240 e. The van der Waals surface area contributed by atoms with E-state index in [2.05, 4.69) is 15.7 Å². The number of sulfonamides is 1. The molecule has 2 aromatic carbocycles. The maximum atomic E-state index is 13.1. The minimum atomic E-state index is -3.76. The molecule has 0 bridgehead atoms. The highest BCUT2D eigenvalue weighted by Gasteiger charge is 2.30. The van der Waals surface area contributed by atoms with Gasteiger partial charge < -0.3 is 9.32 Å². The molecule has 1 aromatic heterocycles. The summed E-state index contributed by atoms with van der Waals surface area (Å²) in [5, 5.41) is 0. The summed E-state index contributed by atoms with van der Waals surface area (Å²) in [5.41, 5.74) is 2.32. The second-order valence-corrected chi connectivity index (χ2v) is 8.18.